The van der Waals surface area contributed by atoms with Crippen molar-refractivity contribution < 1.29 is 4.74 Å². The molecule has 0 aliphatic heterocycles. The van der Waals surface area contributed by atoms with Gasteiger partial charge in [-0.3, -0.25) is 0 Å². The van der Waals surface area contributed by atoms with Crippen molar-refractivity contribution in [3.63, 3.8) is 0 Å². The van der Waals surface area contributed by atoms with Crippen molar-refractivity contribution in [1.29, 1.82) is 0 Å². The lowest BCUT2D eigenvalue weighted by Gasteiger charge is -2.08. The van der Waals surface area contributed by atoms with Crippen LogP contribution in [0.5, 0.6) is 5.75 Å². The Bertz CT molecular complexity index is 821. The smallest absolute Gasteiger partial charge is 0.121 e. The Morgan fingerprint density at radius 2 is 1.87 bits per heavy atom. The summed E-state index contributed by atoms with van der Waals surface area (Å²) in [6.07, 6.45) is 1.92. The molecule has 120 valence electrons. The molecule has 0 N–H and O–H groups in total. The Labute approximate surface area is 141 Å². The molecule has 0 aliphatic rings. The summed E-state index contributed by atoms with van der Waals surface area (Å²) in [5, 5.41) is 2.42. The largest absolute Gasteiger partial charge is 0.497 e. The monoisotopic (exact) mass is 326 g/mol. The van der Waals surface area contributed by atoms with Crippen molar-refractivity contribution in [3.8, 4) is 5.75 Å². The van der Waals surface area contributed by atoms with Crippen LogP contribution in [0, 0.1) is 13.8 Å². The second-order valence-corrected chi connectivity index (χ2v) is 6.57. The number of hydrogen-bond donors (Lipinski definition) is 0. The molecular weight excluding hydrogens is 304 g/mol. The first-order valence-corrected chi connectivity index (χ1v) is 8.84. The molecule has 3 aromatic rings. The number of thioether (sulfide) groups is 1. The Kier molecular flexibility index (Phi) is 4.62. The number of aromatic nitrogens is 2. The van der Waals surface area contributed by atoms with E-state index < -0.39 is 0 Å². The molecule has 2 aromatic heterocycles. The topological polar surface area (TPSA) is 27.1 Å². The lowest BCUT2D eigenvalue weighted by Crippen LogP contribution is -1.98. The van der Waals surface area contributed by atoms with E-state index in [4.69, 9.17) is 4.74 Å². The lowest BCUT2D eigenvalue weighted by molar-refractivity contribution is 0.414. The van der Waals surface area contributed by atoms with Gasteiger partial charge in [0.05, 0.1) is 12.6 Å². The average Bonchev–Trinajstić information content (AvgIpc) is 2.85. The van der Waals surface area contributed by atoms with Gasteiger partial charge in [0.15, 0.2) is 0 Å². The Morgan fingerprint density at radius 3 is 2.52 bits per heavy atom. The summed E-state index contributed by atoms with van der Waals surface area (Å²) in [5.41, 5.74) is 5.23. The van der Waals surface area contributed by atoms with Gasteiger partial charge in [-0.1, -0.05) is 23.9 Å². The molecule has 0 saturated carbocycles. The molecule has 0 unspecified atom stereocenters. The number of pyridine rings is 1. The third kappa shape index (κ3) is 2.95. The third-order valence-electron chi connectivity index (χ3n) is 4.36. The third-order valence-corrected chi connectivity index (χ3v) is 5.41. The number of aryl methyl sites for hydroxylation is 2. The van der Waals surface area contributed by atoms with Gasteiger partial charge in [0.2, 0.25) is 0 Å². The first-order valence-electron chi connectivity index (χ1n) is 7.85. The number of hydrogen-bond acceptors (Lipinski definition) is 3. The minimum atomic E-state index is 0.894. The SMILES string of the molecule is CCn1c(C)c(C)c2ccnc(SCc3ccc(OC)cc3)c21. The molecule has 4 heteroatoms. The van der Waals surface area contributed by atoms with Crippen LogP contribution in [0.3, 0.4) is 0 Å². The van der Waals surface area contributed by atoms with Crippen LogP contribution in [0.4, 0.5) is 0 Å². The van der Waals surface area contributed by atoms with Crippen LogP contribution in [0.1, 0.15) is 23.7 Å². The van der Waals surface area contributed by atoms with E-state index in [-0.39, 0.29) is 0 Å². The maximum absolute atomic E-state index is 5.21. The molecular formula is C19H22N2OS. The number of ether oxygens (including phenoxy) is 1. The van der Waals surface area contributed by atoms with Gasteiger partial charge in [0, 0.05) is 29.6 Å². The zero-order valence-corrected chi connectivity index (χ0v) is 14.9. The molecule has 0 fully saturated rings. The molecule has 2 heterocycles. The van der Waals surface area contributed by atoms with E-state index in [1.165, 1.54) is 27.7 Å². The van der Waals surface area contributed by atoms with E-state index in [0.717, 1.165) is 23.1 Å². The molecule has 0 saturated heterocycles. The summed E-state index contributed by atoms with van der Waals surface area (Å²) in [5.74, 6) is 1.80. The van der Waals surface area contributed by atoms with Gasteiger partial charge in [-0.15, -0.1) is 0 Å². The molecule has 0 atom stereocenters. The first-order chi connectivity index (χ1) is 11.2. The van der Waals surface area contributed by atoms with Gasteiger partial charge in [0.1, 0.15) is 10.8 Å². The standard InChI is InChI=1S/C19H22N2OS/c1-5-21-14(3)13(2)17-10-11-20-19(18(17)21)23-12-15-6-8-16(22-4)9-7-15/h6-11H,5,12H2,1-4H3. The van der Waals surface area contributed by atoms with Crippen LogP contribution < -0.4 is 4.74 Å². The van der Waals surface area contributed by atoms with E-state index in [1.807, 2.05) is 18.3 Å². The zero-order valence-electron chi connectivity index (χ0n) is 14.1. The Morgan fingerprint density at radius 1 is 1.13 bits per heavy atom. The van der Waals surface area contributed by atoms with Crippen molar-refractivity contribution in [3.05, 3.63) is 53.3 Å². The van der Waals surface area contributed by atoms with Crippen molar-refractivity contribution in [2.24, 2.45) is 0 Å². The fourth-order valence-corrected chi connectivity index (χ4v) is 3.93. The van der Waals surface area contributed by atoms with Crippen LogP contribution in [0.2, 0.25) is 0 Å². The van der Waals surface area contributed by atoms with Crippen molar-refractivity contribution in [1.82, 2.24) is 9.55 Å². The van der Waals surface area contributed by atoms with Crippen molar-refractivity contribution in [2.75, 3.05) is 7.11 Å². The van der Waals surface area contributed by atoms with E-state index in [1.54, 1.807) is 18.9 Å². The van der Waals surface area contributed by atoms with Gasteiger partial charge < -0.3 is 9.30 Å². The highest BCUT2D eigenvalue weighted by atomic mass is 32.2. The van der Waals surface area contributed by atoms with Crippen LogP contribution in [0.25, 0.3) is 10.9 Å². The minimum Gasteiger partial charge on any atom is -0.497 e. The highest BCUT2D eigenvalue weighted by Crippen LogP contribution is 2.33. The summed E-state index contributed by atoms with van der Waals surface area (Å²) in [4.78, 5) is 4.64. The van der Waals surface area contributed by atoms with E-state index in [0.29, 0.717) is 0 Å². The predicted octanol–water partition coefficient (Wildman–Crippen LogP) is 4.97. The molecule has 0 amide bonds. The van der Waals surface area contributed by atoms with Gasteiger partial charge in [-0.05, 0) is 50.1 Å². The molecule has 0 bridgehead atoms. The predicted molar refractivity (Wildman–Crippen MR) is 97.4 cm³/mol. The fourth-order valence-electron chi connectivity index (χ4n) is 2.94. The van der Waals surface area contributed by atoms with E-state index >= 15 is 0 Å². The minimum absolute atomic E-state index is 0.894. The highest BCUT2D eigenvalue weighted by molar-refractivity contribution is 7.98. The maximum Gasteiger partial charge on any atom is 0.121 e. The highest BCUT2D eigenvalue weighted by Gasteiger charge is 2.14. The summed E-state index contributed by atoms with van der Waals surface area (Å²) >= 11 is 1.80. The van der Waals surface area contributed by atoms with Gasteiger partial charge in [-0.25, -0.2) is 4.98 Å². The lowest BCUT2D eigenvalue weighted by atomic mass is 10.2. The Balaban J connectivity index is 1.92. The summed E-state index contributed by atoms with van der Waals surface area (Å²) in [6.45, 7) is 7.55. The quantitative estimate of drug-likeness (QED) is 0.619. The van der Waals surface area contributed by atoms with Gasteiger partial charge in [-0.2, -0.15) is 0 Å². The number of rotatable bonds is 5. The number of fused-ring (bicyclic) bond motifs is 1. The summed E-state index contributed by atoms with van der Waals surface area (Å²) in [7, 11) is 1.69. The van der Waals surface area contributed by atoms with Crippen LogP contribution in [-0.2, 0) is 12.3 Å². The molecule has 0 aliphatic carbocycles. The molecule has 3 nitrogen and oxygen atoms in total. The van der Waals surface area contributed by atoms with Crippen LogP contribution in [-0.4, -0.2) is 16.7 Å². The zero-order chi connectivity index (χ0) is 16.4. The second-order valence-electron chi connectivity index (χ2n) is 5.60. The van der Waals surface area contributed by atoms with Crippen molar-refractivity contribution in [2.45, 2.75) is 38.1 Å². The molecule has 3 rings (SSSR count). The summed E-state index contributed by atoms with van der Waals surface area (Å²) in [6, 6.07) is 10.4. The molecule has 23 heavy (non-hydrogen) atoms. The number of methoxy groups -OCH3 is 1. The summed E-state index contributed by atoms with van der Waals surface area (Å²) < 4.78 is 7.58. The number of nitrogens with zero attached hydrogens (tertiary/aromatic N) is 2. The van der Waals surface area contributed by atoms with Crippen LogP contribution >= 0.6 is 11.8 Å². The molecule has 0 radical (unpaired) electrons. The Hall–Kier alpha value is -1.94. The fraction of sp³-hybridized carbons (Fsp3) is 0.316. The van der Waals surface area contributed by atoms with E-state index in [2.05, 4.69) is 48.5 Å². The van der Waals surface area contributed by atoms with E-state index in [9.17, 15) is 0 Å². The molecule has 0 spiro atoms. The number of benzene rings is 1. The van der Waals surface area contributed by atoms with Gasteiger partial charge >= 0.3 is 0 Å². The second kappa shape index (κ2) is 6.67. The van der Waals surface area contributed by atoms with Crippen LogP contribution in [0.15, 0.2) is 41.6 Å². The normalized spacial score (nSPS) is 11.1. The van der Waals surface area contributed by atoms with Crippen molar-refractivity contribution >= 4 is 22.7 Å². The average molecular weight is 326 g/mol. The first kappa shape index (κ1) is 15.9. The van der Waals surface area contributed by atoms with Gasteiger partial charge in [0.25, 0.3) is 0 Å². The molecule has 1 aromatic carbocycles. The maximum atomic E-state index is 5.21.